The summed E-state index contributed by atoms with van der Waals surface area (Å²) in [5.74, 6) is -0.863. The summed E-state index contributed by atoms with van der Waals surface area (Å²) in [5, 5.41) is 0. The number of allylic oxidation sites excluding steroid dienone is 2. The van der Waals surface area contributed by atoms with Crippen LogP contribution in [0.4, 0.5) is 4.20 Å². The molecule has 0 aliphatic rings. The van der Waals surface area contributed by atoms with Crippen LogP contribution < -0.4 is 0 Å². The Morgan fingerprint density at radius 3 is 1.93 bits per heavy atom. The lowest BCUT2D eigenvalue weighted by Gasteiger charge is -2.07. The van der Waals surface area contributed by atoms with E-state index in [4.69, 9.17) is 0 Å². The first-order valence-electron chi connectivity index (χ1n) is 10.5. The monoisotopic (exact) mass is 408 g/mol. The van der Waals surface area contributed by atoms with Gasteiger partial charge in [-0.15, -0.1) is 8.87 Å². The van der Waals surface area contributed by atoms with Crippen molar-refractivity contribution in [2.75, 3.05) is 6.61 Å². The van der Waals surface area contributed by atoms with Crippen LogP contribution in [-0.4, -0.2) is 12.6 Å². The molecule has 0 N–H and O–H groups in total. The number of unbranched alkanes of at least 4 members (excludes halogenated alkanes) is 11. The van der Waals surface area contributed by atoms with Crippen molar-refractivity contribution < 1.29 is 27.6 Å². The van der Waals surface area contributed by atoms with Gasteiger partial charge in [-0.3, -0.25) is 4.79 Å². The van der Waals surface area contributed by atoms with Crippen molar-refractivity contribution >= 4 is 13.9 Å². The molecule has 5 nitrogen and oxygen atoms in total. The quantitative estimate of drug-likeness (QED) is 0.0723. The molecule has 0 amide bonds. The molecule has 0 heterocycles. The Morgan fingerprint density at radius 1 is 0.852 bits per heavy atom. The fourth-order valence-electron chi connectivity index (χ4n) is 2.64. The summed E-state index contributed by atoms with van der Waals surface area (Å²) in [7, 11) is -4.93. The Morgan fingerprint density at radius 2 is 1.37 bits per heavy atom. The van der Waals surface area contributed by atoms with E-state index in [0.29, 0.717) is 6.42 Å². The Bertz CT molecular complexity index is 429. The first-order chi connectivity index (χ1) is 13.0. The van der Waals surface area contributed by atoms with Crippen molar-refractivity contribution in [1.29, 1.82) is 0 Å². The van der Waals surface area contributed by atoms with E-state index in [1.165, 1.54) is 51.9 Å². The van der Waals surface area contributed by atoms with Crippen LogP contribution in [0.3, 0.4) is 0 Å². The smallest absolute Gasteiger partial charge is 0.366 e. The van der Waals surface area contributed by atoms with Gasteiger partial charge < -0.3 is 4.52 Å². The predicted molar refractivity (Wildman–Crippen MR) is 107 cm³/mol. The molecule has 0 aromatic heterocycles. The molecule has 27 heavy (non-hydrogen) atoms. The van der Waals surface area contributed by atoms with Crippen LogP contribution in [-0.2, 0) is 23.4 Å². The van der Waals surface area contributed by atoms with E-state index in [0.717, 1.165) is 32.1 Å². The summed E-state index contributed by atoms with van der Waals surface area (Å²) in [6, 6.07) is 0. The van der Waals surface area contributed by atoms with Crippen molar-refractivity contribution in [3.63, 3.8) is 0 Å². The average Bonchev–Trinajstić information content (AvgIpc) is 2.63. The van der Waals surface area contributed by atoms with E-state index < -0.39 is 13.9 Å². The lowest BCUT2D eigenvalue weighted by atomic mass is 10.1. The molecular weight excluding hydrogens is 370 g/mol. The molecular formula is C20H38FO5P. The number of carbonyl (C=O) groups is 1. The summed E-state index contributed by atoms with van der Waals surface area (Å²) >= 11 is 0. The molecule has 0 saturated carbocycles. The molecule has 0 aromatic carbocycles. The van der Waals surface area contributed by atoms with Crippen molar-refractivity contribution in [2.24, 2.45) is 0 Å². The van der Waals surface area contributed by atoms with Gasteiger partial charge in [-0.05, 0) is 39.0 Å². The van der Waals surface area contributed by atoms with E-state index in [9.17, 15) is 13.6 Å². The maximum Gasteiger partial charge on any atom is 0.600 e. The van der Waals surface area contributed by atoms with Crippen LogP contribution in [0.1, 0.15) is 104 Å². The maximum absolute atomic E-state index is 13.2. The molecule has 0 saturated heterocycles. The van der Waals surface area contributed by atoms with E-state index in [2.05, 4.69) is 33.2 Å². The lowest BCUT2D eigenvalue weighted by molar-refractivity contribution is -0.216. The molecule has 0 aliphatic heterocycles. The van der Waals surface area contributed by atoms with Gasteiger partial charge >= 0.3 is 13.9 Å². The number of hydrogen-bond acceptors (Lipinski definition) is 5. The second-order valence-electron chi connectivity index (χ2n) is 6.71. The van der Waals surface area contributed by atoms with Gasteiger partial charge in [-0.2, -0.15) is 0 Å². The predicted octanol–water partition coefficient (Wildman–Crippen LogP) is 7.61. The molecule has 160 valence electrons. The standard InChI is InChI=1S/C20H38FO5P/c1-3-5-6-7-8-9-10-11-12-13-14-15-16-17-18-19-20(22)25-27(21,23)26-24-4-2/h11-12H,3-10,13-19H2,1-2H3/b12-11-. The van der Waals surface area contributed by atoms with Gasteiger partial charge in [0.1, 0.15) is 0 Å². The number of hydrogen-bond donors (Lipinski definition) is 0. The van der Waals surface area contributed by atoms with Crippen LogP contribution in [0.2, 0.25) is 0 Å². The van der Waals surface area contributed by atoms with Crippen LogP contribution >= 0.6 is 7.91 Å². The van der Waals surface area contributed by atoms with E-state index in [-0.39, 0.29) is 13.0 Å². The van der Waals surface area contributed by atoms with Gasteiger partial charge in [0.15, 0.2) is 0 Å². The van der Waals surface area contributed by atoms with Gasteiger partial charge in [0.2, 0.25) is 0 Å². The third kappa shape index (κ3) is 19.8. The molecule has 0 spiro atoms. The first kappa shape index (κ1) is 26.3. The summed E-state index contributed by atoms with van der Waals surface area (Å²) in [6.45, 7) is 3.79. The molecule has 0 fully saturated rings. The summed E-state index contributed by atoms with van der Waals surface area (Å²) in [4.78, 5) is 15.6. The highest BCUT2D eigenvalue weighted by Crippen LogP contribution is 2.50. The minimum Gasteiger partial charge on any atom is -0.366 e. The molecule has 1 unspecified atom stereocenters. The minimum atomic E-state index is -4.93. The van der Waals surface area contributed by atoms with Gasteiger partial charge in [-0.1, -0.05) is 70.4 Å². The van der Waals surface area contributed by atoms with Crippen molar-refractivity contribution in [1.82, 2.24) is 0 Å². The largest absolute Gasteiger partial charge is 0.600 e. The van der Waals surface area contributed by atoms with Crippen LogP contribution in [0.15, 0.2) is 12.2 Å². The third-order valence-electron chi connectivity index (χ3n) is 4.11. The Hall–Kier alpha value is -0.710. The van der Waals surface area contributed by atoms with E-state index >= 15 is 0 Å². The molecule has 1 atom stereocenters. The lowest BCUT2D eigenvalue weighted by Crippen LogP contribution is -2.03. The minimum absolute atomic E-state index is 0.0136. The van der Waals surface area contributed by atoms with Crippen LogP contribution in [0.25, 0.3) is 0 Å². The molecule has 7 heteroatoms. The summed E-state index contributed by atoms with van der Waals surface area (Å²) < 4.78 is 32.3. The Labute approximate surface area is 164 Å². The highest BCUT2D eigenvalue weighted by Gasteiger charge is 2.30. The molecule has 0 rings (SSSR count). The molecule has 0 radical (unpaired) electrons. The van der Waals surface area contributed by atoms with Gasteiger partial charge in [-0.25, -0.2) is 9.45 Å². The SMILES string of the molecule is CCCCCCCC/C=C\CCCCCCCC(=O)OP(=O)(F)OOCC. The van der Waals surface area contributed by atoms with Crippen LogP contribution in [0.5, 0.6) is 0 Å². The van der Waals surface area contributed by atoms with Crippen molar-refractivity contribution in [2.45, 2.75) is 104 Å². The first-order valence-corrected chi connectivity index (χ1v) is 11.9. The van der Waals surface area contributed by atoms with E-state index in [1.807, 2.05) is 0 Å². The zero-order valence-corrected chi connectivity index (χ0v) is 18.0. The second kappa shape index (κ2) is 18.6. The maximum atomic E-state index is 13.2. The highest BCUT2D eigenvalue weighted by molar-refractivity contribution is 7.48. The third-order valence-corrected chi connectivity index (χ3v) is 4.82. The fraction of sp³-hybridized carbons (Fsp3) is 0.850. The average molecular weight is 408 g/mol. The topological polar surface area (TPSA) is 61.8 Å². The van der Waals surface area contributed by atoms with Gasteiger partial charge in [0.25, 0.3) is 0 Å². The van der Waals surface area contributed by atoms with Gasteiger partial charge in [0.05, 0.1) is 6.61 Å². The molecule has 0 bridgehead atoms. The van der Waals surface area contributed by atoms with Crippen LogP contribution in [0, 0.1) is 0 Å². The van der Waals surface area contributed by atoms with Gasteiger partial charge in [0, 0.05) is 6.42 Å². The Kier molecular flexibility index (Phi) is 18.2. The summed E-state index contributed by atoms with van der Waals surface area (Å²) in [6.07, 6.45) is 19.6. The zero-order chi connectivity index (χ0) is 20.2. The zero-order valence-electron chi connectivity index (χ0n) is 17.1. The highest BCUT2D eigenvalue weighted by atomic mass is 31.2. The van der Waals surface area contributed by atoms with Crippen molar-refractivity contribution in [3.8, 4) is 0 Å². The summed E-state index contributed by atoms with van der Waals surface area (Å²) in [5.41, 5.74) is 0. The normalized spacial score (nSPS) is 13.7. The molecule has 0 aromatic rings. The van der Waals surface area contributed by atoms with Crippen molar-refractivity contribution in [3.05, 3.63) is 12.2 Å². The van der Waals surface area contributed by atoms with E-state index in [1.54, 1.807) is 0 Å². The second-order valence-corrected chi connectivity index (χ2v) is 7.90. The fourth-order valence-corrected chi connectivity index (χ4v) is 3.23. The Balaban J connectivity index is 3.40. The number of carbonyl (C=O) groups excluding carboxylic acids is 1. The number of halogens is 1. The number of rotatable bonds is 19. The molecule has 0 aliphatic carbocycles.